The van der Waals surface area contributed by atoms with Crippen LogP contribution in [0.4, 0.5) is 4.39 Å². The van der Waals surface area contributed by atoms with Crippen LogP contribution in [0.3, 0.4) is 0 Å². The van der Waals surface area contributed by atoms with E-state index in [0.717, 1.165) is 30.7 Å². The Bertz CT molecular complexity index is 787. The van der Waals surface area contributed by atoms with Crippen LogP contribution in [0.5, 0.6) is 0 Å². The van der Waals surface area contributed by atoms with Crippen LogP contribution >= 0.6 is 0 Å². The first-order chi connectivity index (χ1) is 11.9. The third kappa shape index (κ3) is 3.58. The highest BCUT2D eigenvalue weighted by Gasteiger charge is 2.28. The summed E-state index contributed by atoms with van der Waals surface area (Å²) in [6.07, 6.45) is 2.35. The molecule has 2 unspecified atom stereocenters. The molecule has 1 aromatic heterocycles. The number of aliphatic hydroxyl groups is 1. The molecular weight excluding hydrogens is 321 g/mol. The van der Waals surface area contributed by atoms with Gasteiger partial charge in [-0.25, -0.2) is 9.07 Å². The maximum atomic E-state index is 14.5. The lowest BCUT2D eigenvalue weighted by Crippen LogP contribution is -2.34. The van der Waals surface area contributed by atoms with E-state index >= 15 is 0 Å². The monoisotopic (exact) mass is 345 g/mol. The summed E-state index contributed by atoms with van der Waals surface area (Å²) in [5.41, 5.74) is 2.28. The standard InChI is InChI=1S/C19H24FN3O2/c1-12-9-13(2)23(21-12)17-8-7-14(10-16(17)20)19(25)22(3)11-15-5-4-6-18(15)24/h7-10,15,18,24H,4-6,11H2,1-3H3. The predicted octanol–water partition coefficient (Wildman–Crippen LogP) is 2.86. The average molecular weight is 345 g/mol. The molecule has 0 bridgehead atoms. The molecule has 25 heavy (non-hydrogen) atoms. The number of rotatable bonds is 4. The molecule has 2 aromatic rings. The van der Waals surface area contributed by atoms with E-state index < -0.39 is 5.82 Å². The Labute approximate surface area is 147 Å². The molecule has 1 aromatic carbocycles. The Balaban J connectivity index is 1.77. The van der Waals surface area contributed by atoms with Crippen LogP contribution in [-0.2, 0) is 0 Å². The van der Waals surface area contributed by atoms with Gasteiger partial charge in [-0.2, -0.15) is 5.10 Å². The first kappa shape index (κ1) is 17.6. The maximum Gasteiger partial charge on any atom is 0.253 e. The fourth-order valence-electron chi connectivity index (χ4n) is 3.57. The van der Waals surface area contributed by atoms with Gasteiger partial charge in [-0.05, 0) is 51.0 Å². The second-order valence-electron chi connectivity index (χ2n) is 6.95. The van der Waals surface area contributed by atoms with Crippen molar-refractivity contribution in [3.63, 3.8) is 0 Å². The summed E-state index contributed by atoms with van der Waals surface area (Å²) < 4.78 is 16.1. The maximum absolute atomic E-state index is 14.5. The largest absolute Gasteiger partial charge is 0.393 e. The van der Waals surface area contributed by atoms with Gasteiger partial charge in [-0.15, -0.1) is 0 Å². The van der Waals surface area contributed by atoms with E-state index in [-0.39, 0.29) is 17.9 Å². The highest BCUT2D eigenvalue weighted by molar-refractivity contribution is 5.94. The minimum Gasteiger partial charge on any atom is -0.393 e. The molecule has 0 aliphatic heterocycles. The Morgan fingerprint density at radius 1 is 1.36 bits per heavy atom. The van der Waals surface area contributed by atoms with Gasteiger partial charge in [-0.3, -0.25) is 4.79 Å². The predicted molar refractivity (Wildman–Crippen MR) is 93.3 cm³/mol. The zero-order valence-electron chi connectivity index (χ0n) is 14.9. The zero-order valence-corrected chi connectivity index (χ0v) is 14.9. The number of carbonyl (C=O) groups excluding carboxylic acids is 1. The van der Waals surface area contributed by atoms with E-state index in [0.29, 0.717) is 17.8 Å². The third-order valence-electron chi connectivity index (χ3n) is 4.91. The van der Waals surface area contributed by atoms with Crippen molar-refractivity contribution >= 4 is 5.91 Å². The van der Waals surface area contributed by atoms with Crippen molar-refractivity contribution in [3.8, 4) is 5.69 Å². The summed E-state index contributed by atoms with van der Waals surface area (Å²) in [6.45, 7) is 4.20. The smallest absolute Gasteiger partial charge is 0.253 e. The van der Waals surface area contributed by atoms with Gasteiger partial charge >= 0.3 is 0 Å². The van der Waals surface area contributed by atoms with Crippen LogP contribution in [0.15, 0.2) is 24.3 Å². The number of aryl methyl sites for hydroxylation is 2. The van der Waals surface area contributed by atoms with Gasteiger partial charge in [0.15, 0.2) is 0 Å². The second kappa shape index (κ2) is 6.96. The highest BCUT2D eigenvalue weighted by atomic mass is 19.1. The fourth-order valence-corrected chi connectivity index (χ4v) is 3.57. The van der Waals surface area contributed by atoms with Gasteiger partial charge in [-0.1, -0.05) is 6.42 Å². The molecule has 3 rings (SSSR count). The van der Waals surface area contributed by atoms with Crippen LogP contribution in [0.25, 0.3) is 5.69 Å². The van der Waals surface area contributed by atoms with Crippen molar-refractivity contribution in [2.24, 2.45) is 5.92 Å². The van der Waals surface area contributed by atoms with Crippen molar-refractivity contribution in [3.05, 3.63) is 47.0 Å². The number of carbonyl (C=O) groups is 1. The topological polar surface area (TPSA) is 58.4 Å². The molecule has 1 heterocycles. The normalized spacial score (nSPS) is 20.0. The van der Waals surface area contributed by atoms with Crippen LogP contribution in [0, 0.1) is 25.6 Å². The zero-order chi connectivity index (χ0) is 18.1. The Morgan fingerprint density at radius 2 is 2.12 bits per heavy atom. The number of halogens is 1. The lowest BCUT2D eigenvalue weighted by Gasteiger charge is -2.23. The average Bonchev–Trinajstić information content (AvgIpc) is 3.11. The van der Waals surface area contributed by atoms with Crippen molar-refractivity contribution in [2.75, 3.05) is 13.6 Å². The summed E-state index contributed by atoms with van der Waals surface area (Å²) in [4.78, 5) is 14.1. The molecule has 1 saturated carbocycles. The lowest BCUT2D eigenvalue weighted by atomic mass is 10.1. The van der Waals surface area contributed by atoms with Gasteiger partial charge in [0, 0.05) is 30.8 Å². The molecule has 2 atom stereocenters. The SMILES string of the molecule is Cc1cc(C)n(-c2ccc(C(=O)N(C)CC3CCCC3O)cc2F)n1. The number of hydrogen-bond acceptors (Lipinski definition) is 3. The molecule has 0 radical (unpaired) electrons. The van der Waals surface area contributed by atoms with Crippen LogP contribution in [0.2, 0.25) is 0 Å². The number of hydrogen-bond donors (Lipinski definition) is 1. The number of aromatic nitrogens is 2. The van der Waals surface area contributed by atoms with Crippen molar-refractivity contribution in [2.45, 2.75) is 39.2 Å². The van der Waals surface area contributed by atoms with Crippen LogP contribution in [-0.4, -0.2) is 45.4 Å². The van der Waals surface area contributed by atoms with Gasteiger partial charge in [0.1, 0.15) is 11.5 Å². The molecule has 0 saturated heterocycles. The Kier molecular flexibility index (Phi) is 4.90. The van der Waals surface area contributed by atoms with Gasteiger partial charge in [0.2, 0.25) is 0 Å². The first-order valence-corrected chi connectivity index (χ1v) is 8.63. The summed E-state index contributed by atoms with van der Waals surface area (Å²) in [6, 6.07) is 6.34. The molecule has 1 aliphatic carbocycles. The van der Waals surface area contributed by atoms with E-state index in [2.05, 4.69) is 5.10 Å². The first-order valence-electron chi connectivity index (χ1n) is 8.63. The number of nitrogens with zero attached hydrogens (tertiary/aromatic N) is 3. The quantitative estimate of drug-likeness (QED) is 0.927. The highest BCUT2D eigenvalue weighted by Crippen LogP contribution is 2.26. The molecule has 6 heteroatoms. The van der Waals surface area contributed by atoms with Crippen molar-refractivity contribution in [1.82, 2.24) is 14.7 Å². The van der Waals surface area contributed by atoms with E-state index in [9.17, 15) is 14.3 Å². The molecular formula is C19H24FN3O2. The van der Waals surface area contributed by atoms with E-state index in [1.165, 1.54) is 10.7 Å². The van der Waals surface area contributed by atoms with E-state index in [1.807, 2.05) is 19.9 Å². The molecule has 1 N–H and O–H groups in total. The summed E-state index contributed by atoms with van der Waals surface area (Å²) in [7, 11) is 1.69. The number of benzene rings is 1. The number of amides is 1. The van der Waals surface area contributed by atoms with Crippen molar-refractivity contribution in [1.29, 1.82) is 0 Å². The molecule has 1 amide bonds. The van der Waals surface area contributed by atoms with Crippen molar-refractivity contribution < 1.29 is 14.3 Å². The minimum absolute atomic E-state index is 0.104. The Hall–Kier alpha value is -2.21. The third-order valence-corrected chi connectivity index (χ3v) is 4.91. The van der Waals surface area contributed by atoms with E-state index in [1.54, 1.807) is 24.1 Å². The summed E-state index contributed by atoms with van der Waals surface area (Å²) in [5.74, 6) is -0.614. The minimum atomic E-state index is -0.480. The van der Waals surface area contributed by atoms with Crippen LogP contribution in [0.1, 0.15) is 41.0 Å². The lowest BCUT2D eigenvalue weighted by molar-refractivity contribution is 0.0693. The van der Waals surface area contributed by atoms with Gasteiger partial charge in [0.25, 0.3) is 5.91 Å². The fraction of sp³-hybridized carbons (Fsp3) is 0.474. The van der Waals surface area contributed by atoms with E-state index in [4.69, 9.17) is 0 Å². The molecule has 1 fully saturated rings. The summed E-state index contributed by atoms with van der Waals surface area (Å²) >= 11 is 0. The van der Waals surface area contributed by atoms with Gasteiger partial charge < -0.3 is 10.0 Å². The molecule has 5 nitrogen and oxygen atoms in total. The molecule has 134 valence electrons. The second-order valence-corrected chi connectivity index (χ2v) is 6.95. The molecule has 1 aliphatic rings. The van der Waals surface area contributed by atoms with Crippen LogP contribution < -0.4 is 0 Å². The molecule has 0 spiro atoms. The Morgan fingerprint density at radius 3 is 2.68 bits per heavy atom. The van der Waals surface area contributed by atoms with Gasteiger partial charge in [0.05, 0.1) is 11.8 Å². The summed E-state index contributed by atoms with van der Waals surface area (Å²) in [5, 5.41) is 14.2. The number of aliphatic hydroxyl groups excluding tert-OH is 1.